The minimum Gasteiger partial charge on any atom is -0.482 e. The first-order valence-electron chi connectivity index (χ1n) is 8.73. The predicted molar refractivity (Wildman–Crippen MR) is 117 cm³/mol. The van der Waals surface area contributed by atoms with Crippen molar-refractivity contribution in [3.63, 3.8) is 0 Å². The van der Waals surface area contributed by atoms with Gasteiger partial charge in [-0.3, -0.25) is 9.59 Å². The molecule has 0 aliphatic carbocycles. The second-order valence-electron chi connectivity index (χ2n) is 6.59. The first kappa shape index (κ1) is 21.0. The number of rotatable bonds is 6. The molecule has 2 aromatic carbocycles. The molecule has 29 heavy (non-hydrogen) atoms. The van der Waals surface area contributed by atoms with E-state index >= 15 is 0 Å². The van der Waals surface area contributed by atoms with Gasteiger partial charge in [0.25, 0.3) is 11.5 Å². The summed E-state index contributed by atoms with van der Waals surface area (Å²) in [6.07, 6.45) is 1.52. The zero-order valence-electron chi connectivity index (χ0n) is 15.7. The Morgan fingerprint density at radius 3 is 2.76 bits per heavy atom. The minimum absolute atomic E-state index is 0.0129. The van der Waals surface area contributed by atoms with E-state index in [1.807, 2.05) is 19.9 Å². The number of nitrogens with two attached hydrogens (primary N) is 1. The Hall–Kier alpha value is -2.71. The monoisotopic (exact) mass is 476 g/mol. The summed E-state index contributed by atoms with van der Waals surface area (Å²) < 4.78 is 7.31. The first-order chi connectivity index (χ1) is 13.8. The number of amides is 1. The van der Waals surface area contributed by atoms with E-state index in [0.717, 1.165) is 4.47 Å². The highest BCUT2D eigenvalue weighted by molar-refractivity contribution is 9.10. The van der Waals surface area contributed by atoms with Gasteiger partial charge in [0.1, 0.15) is 11.6 Å². The molecule has 150 valence electrons. The van der Waals surface area contributed by atoms with Crippen LogP contribution in [0.15, 0.2) is 50.8 Å². The van der Waals surface area contributed by atoms with E-state index in [9.17, 15) is 9.59 Å². The molecule has 0 atom stereocenters. The molecule has 2 N–H and O–H groups in total. The standard InChI is InChI=1S/C20H18BrClN4O3/c1-11(2)19-25-16-5-4-13(21)8-14(16)20(28)26(19)24-9-12-3-6-17(15(22)7-12)29-10-18(23)27/h3-9,11H,10H2,1-2H3,(H2,23,27). The van der Waals surface area contributed by atoms with Crippen molar-refractivity contribution in [3.8, 4) is 5.75 Å². The van der Waals surface area contributed by atoms with Crippen LogP contribution in [-0.2, 0) is 4.79 Å². The molecule has 0 spiro atoms. The topological polar surface area (TPSA) is 99.6 Å². The van der Waals surface area contributed by atoms with E-state index in [1.54, 1.807) is 30.3 Å². The van der Waals surface area contributed by atoms with Crippen LogP contribution in [0.1, 0.15) is 31.2 Å². The molecule has 0 radical (unpaired) electrons. The van der Waals surface area contributed by atoms with E-state index in [0.29, 0.717) is 33.1 Å². The molecule has 1 aromatic heterocycles. The van der Waals surface area contributed by atoms with Crippen LogP contribution in [0.5, 0.6) is 5.75 Å². The normalized spacial score (nSPS) is 11.5. The number of fused-ring (bicyclic) bond motifs is 1. The summed E-state index contributed by atoms with van der Waals surface area (Å²) in [6, 6.07) is 10.3. The number of halogens is 2. The molecule has 1 heterocycles. The van der Waals surface area contributed by atoms with Crippen LogP contribution >= 0.6 is 27.5 Å². The summed E-state index contributed by atoms with van der Waals surface area (Å²) in [4.78, 5) is 28.4. The van der Waals surface area contributed by atoms with Gasteiger partial charge in [-0.05, 0) is 42.0 Å². The van der Waals surface area contributed by atoms with Gasteiger partial charge < -0.3 is 10.5 Å². The van der Waals surface area contributed by atoms with Crippen LogP contribution in [0.3, 0.4) is 0 Å². The molecule has 3 rings (SSSR count). The minimum atomic E-state index is -0.595. The SMILES string of the molecule is CC(C)c1nc2ccc(Br)cc2c(=O)n1N=Cc1ccc(OCC(N)=O)c(Cl)c1. The quantitative estimate of drug-likeness (QED) is 0.547. The summed E-state index contributed by atoms with van der Waals surface area (Å²) in [5.74, 6) is 0.275. The zero-order valence-corrected chi connectivity index (χ0v) is 18.1. The van der Waals surface area contributed by atoms with Crippen LogP contribution < -0.4 is 16.0 Å². The number of nitrogens with zero attached hydrogens (tertiary/aromatic N) is 3. The van der Waals surface area contributed by atoms with Crippen molar-refractivity contribution in [2.24, 2.45) is 10.8 Å². The number of carbonyl (C=O) groups is 1. The molecule has 0 bridgehead atoms. The van der Waals surface area contributed by atoms with Crippen molar-refractivity contribution in [2.45, 2.75) is 19.8 Å². The van der Waals surface area contributed by atoms with Crippen LogP contribution in [0.25, 0.3) is 10.9 Å². The maximum absolute atomic E-state index is 13.0. The summed E-state index contributed by atoms with van der Waals surface area (Å²) in [7, 11) is 0. The number of benzene rings is 2. The van der Waals surface area contributed by atoms with Crippen LogP contribution in [0.2, 0.25) is 5.02 Å². The van der Waals surface area contributed by atoms with Crippen molar-refractivity contribution < 1.29 is 9.53 Å². The fourth-order valence-corrected chi connectivity index (χ4v) is 3.24. The lowest BCUT2D eigenvalue weighted by molar-refractivity contribution is -0.119. The van der Waals surface area contributed by atoms with Gasteiger partial charge in [-0.15, -0.1) is 0 Å². The number of ether oxygens (including phenoxy) is 1. The van der Waals surface area contributed by atoms with Crippen LogP contribution in [0, 0.1) is 0 Å². The van der Waals surface area contributed by atoms with Gasteiger partial charge in [-0.2, -0.15) is 9.78 Å². The van der Waals surface area contributed by atoms with Crippen molar-refractivity contribution in [3.05, 3.63) is 67.6 Å². The maximum Gasteiger partial charge on any atom is 0.282 e. The molecule has 9 heteroatoms. The van der Waals surface area contributed by atoms with Gasteiger partial charge in [0.05, 0.1) is 22.1 Å². The predicted octanol–water partition coefficient (Wildman–Crippen LogP) is 3.68. The molecule has 0 aliphatic rings. The number of hydrogen-bond acceptors (Lipinski definition) is 5. The number of carbonyl (C=O) groups excluding carboxylic acids is 1. The van der Waals surface area contributed by atoms with Gasteiger partial charge in [-0.1, -0.05) is 41.4 Å². The molecule has 0 saturated carbocycles. The Morgan fingerprint density at radius 2 is 2.10 bits per heavy atom. The summed E-state index contributed by atoms with van der Waals surface area (Å²) in [6.45, 7) is 3.62. The Morgan fingerprint density at radius 1 is 1.34 bits per heavy atom. The van der Waals surface area contributed by atoms with Gasteiger partial charge in [0, 0.05) is 10.4 Å². The smallest absolute Gasteiger partial charge is 0.282 e. The largest absolute Gasteiger partial charge is 0.482 e. The molecular formula is C20H18BrClN4O3. The average molecular weight is 478 g/mol. The number of primary amides is 1. The molecule has 0 unspecified atom stereocenters. The van der Waals surface area contributed by atoms with E-state index < -0.39 is 5.91 Å². The van der Waals surface area contributed by atoms with Crippen LogP contribution in [-0.4, -0.2) is 28.4 Å². The molecule has 1 amide bonds. The van der Waals surface area contributed by atoms with Crippen molar-refractivity contribution >= 4 is 50.6 Å². The highest BCUT2D eigenvalue weighted by Crippen LogP contribution is 2.25. The van der Waals surface area contributed by atoms with Crippen molar-refractivity contribution in [2.75, 3.05) is 6.61 Å². The molecule has 0 aliphatic heterocycles. The number of aromatic nitrogens is 2. The zero-order chi connectivity index (χ0) is 21.1. The highest BCUT2D eigenvalue weighted by Gasteiger charge is 2.14. The van der Waals surface area contributed by atoms with Gasteiger partial charge in [-0.25, -0.2) is 4.98 Å². The molecule has 7 nitrogen and oxygen atoms in total. The fourth-order valence-electron chi connectivity index (χ4n) is 2.64. The number of hydrogen-bond donors (Lipinski definition) is 1. The molecule has 0 fully saturated rings. The molecule has 0 saturated heterocycles. The van der Waals surface area contributed by atoms with Gasteiger partial charge in [0.15, 0.2) is 6.61 Å². The third-order valence-corrected chi connectivity index (χ3v) is 4.79. The van der Waals surface area contributed by atoms with E-state index in [1.165, 1.54) is 10.9 Å². The Labute approximate surface area is 180 Å². The summed E-state index contributed by atoms with van der Waals surface area (Å²) in [5, 5.41) is 5.11. The first-order valence-corrected chi connectivity index (χ1v) is 9.90. The average Bonchev–Trinajstić information content (AvgIpc) is 2.66. The van der Waals surface area contributed by atoms with Crippen molar-refractivity contribution in [1.82, 2.24) is 9.66 Å². The third-order valence-electron chi connectivity index (χ3n) is 4.00. The second kappa shape index (κ2) is 8.75. The molecule has 3 aromatic rings. The maximum atomic E-state index is 13.0. The second-order valence-corrected chi connectivity index (χ2v) is 7.92. The van der Waals surface area contributed by atoms with Crippen molar-refractivity contribution in [1.29, 1.82) is 0 Å². The van der Waals surface area contributed by atoms with E-state index in [-0.39, 0.29) is 18.1 Å². The fraction of sp³-hybridized carbons (Fsp3) is 0.200. The summed E-state index contributed by atoms with van der Waals surface area (Å²) >= 11 is 9.56. The summed E-state index contributed by atoms with van der Waals surface area (Å²) in [5.41, 5.74) is 6.07. The van der Waals surface area contributed by atoms with Crippen LogP contribution in [0.4, 0.5) is 0 Å². The van der Waals surface area contributed by atoms with E-state index in [4.69, 9.17) is 22.1 Å². The highest BCUT2D eigenvalue weighted by atomic mass is 79.9. The lowest BCUT2D eigenvalue weighted by Gasteiger charge is -2.12. The molecular weight excluding hydrogens is 460 g/mol. The van der Waals surface area contributed by atoms with E-state index in [2.05, 4.69) is 26.0 Å². The lowest BCUT2D eigenvalue weighted by atomic mass is 10.2. The Kier molecular flexibility index (Phi) is 6.34. The Balaban J connectivity index is 2.00. The van der Waals surface area contributed by atoms with Gasteiger partial charge >= 0.3 is 0 Å². The van der Waals surface area contributed by atoms with Gasteiger partial charge in [0.2, 0.25) is 0 Å². The third kappa shape index (κ3) is 4.83. The Bertz CT molecular complexity index is 1170. The lowest BCUT2D eigenvalue weighted by Crippen LogP contribution is -2.23.